The Morgan fingerprint density at radius 1 is 0.976 bits per heavy atom. The molecule has 2 aromatic carbocycles. The molecule has 1 amide bonds. The van der Waals surface area contributed by atoms with Gasteiger partial charge in [-0.15, -0.1) is 0 Å². The van der Waals surface area contributed by atoms with Gasteiger partial charge in [0.2, 0.25) is 5.75 Å². The van der Waals surface area contributed by atoms with E-state index in [1.165, 1.54) is 12.1 Å². The van der Waals surface area contributed by atoms with E-state index in [1.807, 2.05) is 20.8 Å². The van der Waals surface area contributed by atoms with Crippen LogP contribution in [0.25, 0.3) is 22.3 Å². The Bertz CT molecular complexity index is 1710. The molecule has 0 spiro atoms. The highest BCUT2D eigenvalue weighted by Crippen LogP contribution is 2.40. The quantitative estimate of drug-likeness (QED) is 0.131. The molecule has 2 heterocycles. The summed E-state index contributed by atoms with van der Waals surface area (Å²) < 4.78 is 16.5. The van der Waals surface area contributed by atoms with Gasteiger partial charge < -0.3 is 34.5 Å². The number of nitrogens with one attached hydrogen (secondary N) is 1. The van der Waals surface area contributed by atoms with Gasteiger partial charge in [-0.1, -0.05) is 20.3 Å². The Kier molecular flexibility index (Phi) is 8.65. The zero-order valence-electron chi connectivity index (χ0n) is 23.7. The molecule has 0 aliphatic rings. The fourth-order valence-corrected chi connectivity index (χ4v) is 4.16. The molecule has 4 rings (SSSR count). The van der Waals surface area contributed by atoms with E-state index in [2.05, 4.69) is 15.3 Å². The van der Waals surface area contributed by atoms with E-state index in [4.69, 9.17) is 13.9 Å². The number of hydrogen-bond donors (Lipinski definition) is 4. The van der Waals surface area contributed by atoms with Gasteiger partial charge in [-0.2, -0.15) is 0 Å². The molecule has 2 aromatic heterocycles. The summed E-state index contributed by atoms with van der Waals surface area (Å²) in [6.45, 7) is 8.99. The van der Waals surface area contributed by atoms with Crippen LogP contribution in [0.2, 0.25) is 0 Å². The number of rotatable bonds is 8. The molecule has 4 N–H and O–H groups in total. The van der Waals surface area contributed by atoms with Gasteiger partial charge in [-0.05, 0) is 51.0 Å². The van der Waals surface area contributed by atoms with Crippen molar-refractivity contribution in [3.8, 4) is 34.3 Å². The standard InChI is InChI=1S/C30H31N3O9/c1-6-14(2)26(33-30(39)40-13-20-17(5)31-15(3)16(4)32-20)29(38)41-19-9-7-18(8-10-19)23-11-21(34)25-24(42-23)12-22(35)27(36)28(25)37/h7-12,14,26,35-37H,6,13H2,1-5H3,(H,33,39)/t14-,26+/m0/s1. The predicted molar refractivity (Wildman–Crippen MR) is 151 cm³/mol. The lowest BCUT2D eigenvalue weighted by Crippen LogP contribution is -2.47. The van der Waals surface area contributed by atoms with Gasteiger partial charge in [0.15, 0.2) is 16.9 Å². The van der Waals surface area contributed by atoms with Gasteiger partial charge >= 0.3 is 12.1 Å². The predicted octanol–water partition coefficient (Wildman–Crippen LogP) is 4.54. The second kappa shape index (κ2) is 12.2. The molecular formula is C30H31N3O9. The van der Waals surface area contributed by atoms with Crippen LogP contribution in [0.1, 0.15) is 43.0 Å². The van der Waals surface area contributed by atoms with Crippen LogP contribution in [0.3, 0.4) is 0 Å². The maximum atomic E-state index is 13.1. The van der Waals surface area contributed by atoms with E-state index >= 15 is 0 Å². The first-order valence-corrected chi connectivity index (χ1v) is 13.2. The summed E-state index contributed by atoms with van der Waals surface area (Å²) in [5.74, 6) is -2.93. The van der Waals surface area contributed by atoms with Crippen LogP contribution in [0.4, 0.5) is 4.79 Å². The smallest absolute Gasteiger partial charge is 0.408 e. The van der Waals surface area contributed by atoms with E-state index < -0.39 is 40.8 Å². The van der Waals surface area contributed by atoms with Gasteiger partial charge in [0.1, 0.15) is 35.1 Å². The Hall–Kier alpha value is -5.13. The number of esters is 1. The van der Waals surface area contributed by atoms with Crippen LogP contribution in [-0.2, 0) is 16.1 Å². The number of benzene rings is 2. The van der Waals surface area contributed by atoms with Crippen LogP contribution in [0.5, 0.6) is 23.0 Å². The Labute approximate surface area is 240 Å². The monoisotopic (exact) mass is 577 g/mol. The lowest BCUT2D eigenvalue weighted by atomic mass is 9.99. The van der Waals surface area contributed by atoms with Crippen molar-refractivity contribution in [3.05, 3.63) is 69.4 Å². The highest BCUT2D eigenvalue weighted by atomic mass is 16.6. The Morgan fingerprint density at radius 3 is 2.31 bits per heavy atom. The first kappa shape index (κ1) is 29.8. The van der Waals surface area contributed by atoms with Gasteiger partial charge in [-0.3, -0.25) is 14.8 Å². The molecule has 0 unspecified atom stereocenters. The van der Waals surface area contributed by atoms with Crippen molar-refractivity contribution in [1.82, 2.24) is 15.3 Å². The van der Waals surface area contributed by atoms with Crippen molar-refractivity contribution in [2.75, 3.05) is 0 Å². The van der Waals surface area contributed by atoms with Gasteiger partial charge in [-0.25, -0.2) is 9.59 Å². The molecule has 12 nitrogen and oxygen atoms in total. The zero-order chi connectivity index (χ0) is 30.7. The summed E-state index contributed by atoms with van der Waals surface area (Å²) >= 11 is 0. The third kappa shape index (κ3) is 6.27. The number of hydrogen-bond acceptors (Lipinski definition) is 11. The minimum Gasteiger partial charge on any atom is -0.504 e. The number of fused-ring (bicyclic) bond motifs is 1. The highest BCUT2D eigenvalue weighted by Gasteiger charge is 2.29. The molecule has 220 valence electrons. The number of phenols is 3. The second-order valence-electron chi connectivity index (χ2n) is 9.90. The third-order valence-electron chi connectivity index (χ3n) is 6.96. The third-order valence-corrected chi connectivity index (χ3v) is 6.96. The molecule has 2 atom stereocenters. The molecule has 0 saturated heterocycles. The molecule has 0 bridgehead atoms. The van der Waals surface area contributed by atoms with Crippen LogP contribution in [0.15, 0.2) is 45.6 Å². The van der Waals surface area contributed by atoms with Crippen LogP contribution < -0.4 is 15.5 Å². The molecule has 12 heteroatoms. The van der Waals surface area contributed by atoms with Crippen molar-refractivity contribution in [1.29, 1.82) is 0 Å². The largest absolute Gasteiger partial charge is 0.504 e. The van der Waals surface area contributed by atoms with E-state index in [0.717, 1.165) is 23.5 Å². The number of amides is 1. The van der Waals surface area contributed by atoms with E-state index in [0.29, 0.717) is 23.4 Å². The van der Waals surface area contributed by atoms with Crippen LogP contribution in [0, 0.1) is 26.7 Å². The first-order valence-electron chi connectivity index (χ1n) is 13.2. The fourth-order valence-electron chi connectivity index (χ4n) is 4.16. The number of aromatic hydroxyl groups is 3. The first-order chi connectivity index (χ1) is 19.9. The van der Waals surface area contributed by atoms with Crippen molar-refractivity contribution in [2.45, 2.75) is 53.7 Å². The summed E-state index contributed by atoms with van der Waals surface area (Å²) in [5.41, 5.74) is 2.35. The summed E-state index contributed by atoms with van der Waals surface area (Å²) in [7, 11) is 0. The number of ether oxygens (including phenoxy) is 2. The van der Waals surface area contributed by atoms with Crippen molar-refractivity contribution >= 4 is 23.0 Å². The molecular weight excluding hydrogens is 546 g/mol. The summed E-state index contributed by atoms with van der Waals surface area (Å²) in [4.78, 5) is 47.0. The summed E-state index contributed by atoms with van der Waals surface area (Å²) in [5, 5.41) is 31.8. The normalized spacial score (nSPS) is 12.5. The number of alkyl carbamates (subject to hydrolysis) is 1. The minimum absolute atomic E-state index is 0.110. The lowest BCUT2D eigenvalue weighted by Gasteiger charge is -2.22. The van der Waals surface area contributed by atoms with Crippen LogP contribution >= 0.6 is 0 Å². The number of nitrogens with zero attached hydrogens (tertiary/aromatic N) is 2. The fraction of sp³-hybridized carbons (Fsp3) is 0.300. The highest BCUT2D eigenvalue weighted by molar-refractivity contribution is 5.89. The number of carbonyl (C=O) groups is 2. The van der Waals surface area contributed by atoms with Crippen molar-refractivity contribution in [2.24, 2.45) is 5.92 Å². The zero-order valence-corrected chi connectivity index (χ0v) is 23.7. The SMILES string of the molecule is CC[C@H](C)[C@@H](NC(=O)OCc1nc(C)c(C)nc1C)C(=O)Oc1ccc(-c2cc(=O)c3c(O)c(O)c(O)cc3o2)cc1. The Morgan fingerprint density at radius 2 is 1.64 bits per heavy atom. The van der Waals surface area contributed by atoms with Crippen molar-refractivity contribution in [3.63, 3.8) is 0 Å². The maximum absolute atomic E-state index is 13.1. The molecule has 0 fully saturated rings. The molecule has 0 aliphatic heterocycles. The van der Waals surface area contributed by atoms with Crippen LogP contribution in [-0.4, -0.2) is 43.4 Å². The average Bonchev–Trinajstić information content (AvgIpc) is 2.95. The van der Waals surface area contributed by atoms with Crippen molar-refractivity contribution < 1.29 is 38.8 Å². The van der Waals surface area contributed by atoms with Gasteiger partial charge in [0, 0.05) is 17.7 Å². The van der Waals surface area contributed by atoms with E-state index in [9.17, 15) is 29.7 Å². The molecule has 4 aromatic rings. The minimum atomic E-state index is -0.996. The Balaban J connectivity index is 1.46. The number of aryl methyl sites for hydroxylation is 3. The van der Waals surface area contributed by atoms with E-state index in [-0.39, 0.29) is 35.0 Å². The molecule has 0 radical (unpaired) electrons. The van der Waals surface area contributed by atoms with E-state index in [1.54, 1.807) is 26.0 Å². The van der Waals surface area contributed by atoms with Gasteiger partial charge in [0.25, 0.3) is 0 Å². The molecule has 0 aliphatic carbocycles. The average molecular weight is 578 g/mol. The number of phenolic OH excluding ortho intramolecular Hbond substituents is 3. The number of carbonyl (C=O) groups excluding carboxylic acids is 2. The topological polar surface area (TPSA) is 181 Å². The summed E-state index contributed by atoms with van der Waals surface area (Å²) in [6, 6.07) is 7.20. The molecule has 42 heavy (non-hydrogen) atoms. The number of aromatic nitrogens is 2. The molecule has 0 saturated carbocycles. The lowest BCUT2D eigenvalue weighted by molar-refractivity contribution is -0.138. The second-order valence-corrected chi connectivity index (χ2v) is 9.90. The van der Waals surface area contributed by atoms with Gasteiger partial charge in [0.05, 0.1) is 22.8 Å². The summed E-state index contributed by atoms with van der Waals surface area (Å²) in [6.07, 6.45) is -0.228. The maximum Gasteiger partial charge on any atom is 0.408 e.